The van der Waals surface area contributed by atoms with Crippen LogP contribution in [0.15, 0.2) is 30.3 Å². The first-order chi connectivity index (χ1) is 9.31. The molecular formula is C15H22N2O2. The first-order valence-corrected chi connectivity index (χ1v) is 6.96. The molecule has 19 heavy (non-hydrogen) atoms. The molecule has 0 bridgehead atoms. The van der Waals surface area contributed by atoms with Crippen molar-refractivity contribution in [2.24, 2.45) is 0 Å². The summed E-state index contributed by atoms with van der Waals surface area (Å²) in [5.41, 5.74) is 1.27. The van der Waals surface area contributed by atoms with Crippen LogP contribution in [0.3, 0.4) is 0 Å². The molecule has 0 radical (unpaired) electrons. The number of nitrogens with one attached hydrogen (secondary N) is 2. The molecule has 2 rings (SSSR count). The Hall–Kier alpha value is -1.39. The van der Waals surface area contributed by atoms with E-state index in [-0.39, 0.29) is 12.0 Å². The highest BCUT2D eigenvalue weighted by Crippen LogP contribution is 2.17. The number of benzene rings is 1. The summed E-state index contributed by atoms with van der Waals surface area (Å²) in [7, 11) is 0. The molecule has 2 atom stereocenters. The van der Waals surface area contributed by atoms with Gasteiger partial charge in [0.15, 0.2) is 0 Å². The van der Waals surface area contributed by atoms with Gasteiger partial charge in [-0.2, -0.15) is 0 Å². The van der Waals surface area contributed by atoms with Crippen molar-refractivity contribution in [3.63, 3.8) is 0 Å². The highest BCUT2D eigenvalue weighted by Gasteiger charge is 2.22. The number of carbonyl (C=O) groups excluding carboxylic acids is 1. The maximum Gasteiger partial charge on any atom is 0.250 e. The van der Waals surface area contributed by atoms with Crippen molar-refractivity contribution in [2.45, 2.75) is 25.4 Å². The van der Waals surface area contributed by atoms with Crippen LogP contribution in [0.5, 0.6) is 0 Å². The lowest BCUT2D eigenvalue weighted by Crippen LogP contribution is -2.48. The molecule has 1 saturated heterocycles. The van der Waals surface area contributed by atoms with E-state index in [2.05, 4.69) is 29.7 Å². The minimum Gasteiger partial charge on any atom is -0.366 e. The van der Waals surface area contributed by atoms with Crippen LogP contribution in [0.1, 0.15) is 24.8 Å². The third-order valence-electron chi connectivity index (χ3n) is 3.51. The third kappa shape index (κ3) is 4.04. The van der Waals surface area contributed by atoms with E-state index in [9.17, 15) is 4.79 Å². The summed E-state index contributed by atoms with van der Waals surface area (Å²) in [5, 5.41) is 6.16. The molecule has 0 saturated carbocycles. The number of carbonyl (C=O) groups is 1. The zero-order chi connectivity index (χ0) is 13.5. The lowest BCUT2D eigenvalue weighted by Gasteiger charge is -2.24. The van der Waals surface area contributed by atoms with Gasteiger partial charge in [0.1, 0.15) is 6.10 Å². The molecule has 1 aliphatic rings. The van der Waals surface area contributed by atoms with Crippen molar-refractivity contribution in [1.29, 1.82) is 0 Å². The van der Waals surface area contributed by atoms with E-state index in [1.54, 1.807) is 0 Å². The Bertz CT molecular complexity index is 388. The zero-order valence-corrected chi connectivity index (χ0v) is 11.4. The highest BCUT2D eigenvalue weighted by molar-refractivity contribution is 5.81. The second-order valence-corrected chi connectivity index (χ2v) is 4.82. The second-order valence-electron chi connectivity index (χ2n) is 4.82. The van der Waals surface area contributed by atoms with Gasteiger partial charge in [0.25, 0.3) is 0 Å². The molecule has 4 heteroatoms. The van der Waals surface area contributed by atoms with Gasteiger partial charge in [-0.25, -0.2) is 0 Å². The molecule has 1 fully saturated rings. The number of rotatable bonds is 5. The van der Waals surface area contributed by atoms with Gasteiger partial charge in [0.2, 0.25) is 5.91 Å². The molecule has 1 aromatic carbocycles. The fourth-order valence-corrected chi connectivity index (χ4v) is 2.29. The van der Waals surface area contributed by atoms with Crippen LogP contribution in [0.25, 0.3) is 0 Å². The van der Waals surface area contributed by atoms with E-state index in [0.717, 1.165) is 13.0 Å². The van der Waals surface area contributed by atoms with Crippen molar-refractivity contribution >= 4 is 5.91 Å². The summed E-state index contributed by atoms with van der Waals surface area (Å²) < 4.78 is 5.44. The van der Waals surface area contributed by atoms with E-state index < -0.39 is 0 Å². The Morgan fingerprint density at radius 3 is 2.89 bits per heavy atom. The maximum atomic E-state index is 12.0. The quantitative estimate of drug-likeness (QED) is 0.840. The van der Waals surface area contributed by atoms with Crippen molar-refractivity contribution in [3.8, 4) is 0 Å². The lowest BCUT2D eigenvalue weighted by atomic mass is 9.96. The molecular weight excluding hydrogens is 240 g/mol. The Morgan fingerprint density at radius 1 is 1.47 bits per heavy atom. The maximum absolute atomic E-state index is 12.0. The molecule has 1 aromatic rings. The molecule has 0 spiro atoms. The normalized spacial score (nSPS) is 20.8. The minimum absolute atomic E-state index is 0.0124. The summed E-state index contributed by atoms with van der Waals surface area (Å²) in [6.45, 7) is 4.84. The summed E-state index contributed by atoms with van der Waals surface area (Å²) >= 11 is 0. The molecule has 0 aliphatic carbocycles. The van der Waals surface area contributed by atoms with E-state index >= 15 is 0 Å². The number of hydrogen-bond donors (Lipinski definition) is 2. The third-order valence-corrected chi connectivity index (χ3v) is 3.51. The van der Waals surface area contributed by atoms with Gasteiger partial charge in [0, 0.05) is 25.6 Å². The van der Waals surface area contributed by atoms with Crippen LogP contribution < -0.4 is 10.6 Å². The predicted octanol–water partition coefficient (Wildman–Crippen LogP) is 1.28. The molecule has 2 N–H and O–H groups in total. The Labute approximate surface area is 114 Å². The van der Waals surface area contributed by atoms with Gasteiger partial charge in [-0.3, -0.25) is 4.79 Å². The molecule has 2 unspecified atom stereocenters. The Morgan fingerprint density at radius 2 is 2.26 bits per heavy atom. The van der Waals surface area contributed by atoms with Crippen LogP contribution in [-0.2, 0) is 9.53 Å². The van der Waals surface area contributed by atoms with Crippen LogP contribution >= 0.6 is 0 Å². The van der Waals surface area contributed by atoms with Gasteiger partial charge in [0.05, 0.1) is 6.61 Å². The first kappa shape index (κ1) is 14.0. The molecule has 1 aliphatic heterocycles. The van der Waals surface area contributed by atoms with Crippen molar-refractivity contribution in [3.05, 3.63) is 35.9 Å². The fraction of sp³-hybridized carbons (Fsp3) is 0.533. The smallest absolute Gasteiger partial charge is 0.250 e. The largest absolute Gasteiger partial charge is 0.366 e. The summed E-state index contributed by atoms with van der Waals surface area (Å²) in [6, 6.07) is 10.3. The summed E-state index contributed by atoms with van der Waals surface area (Å²) in [5.74, 6) is 0.350. The highest BCUT2D eigenvalue weighted by atomic mass is 16.5. The Balaban J connectivity index is 1.84. The second kappa shape index (κ2) is 7.26. The number of morpholine rings is 1. The van der Waals surface area contributed by atoms with Crippen molar-refractivity contribution in [2.75, 3.05) is 26.2 Å². The average molecular weight is 262 g/mol. The van der Waals surface area contributed by atoms with Gasteiger partial charge in [-0.1, -0.05) is 37.3 Å². The van der Waals surface area contributed by atoms with Gasteiger partial charge < -0.3 is 15.4 Å². The average Bonchev–Trinajstić information content (AvgIpc) is 2.49. The minimum atomic E-state index is -0.345. The van der Waals surface area contributed by atoms with Gasteiger partial charge in [-0.05, 0) is 12.0 Å². The topological polar surface area (TPSA) is 50.4 Å². The van der Waals surface area contributed by atoms with Crippen molar-refractivity contribution < 1.29 is 9.53 Å². The zero-order valence-electron chi connectivity index (χ0n) is 11.4. The van der Waals surface area contributed by atoms with Gasteiger partial charge >= 0.3 is 0 Å². The van der Waals surface area contributed by atoms with E-state index in [1.165, 1.54) is 5.56 Å². The summed E-state index contributed by atoms with van der Waals surface area (Å²) in [6.07, 6.45) is 0.663. The van der Waals surface area contributed by atoms with Crippen LogP contribution in [-0.4, -0.2) is 38.3 Å². The molecule has 4 nitrogen and oxygen atoms in total. The Kier molecular flexibility index (Phi) is 5.36. The van der Waals surface area contributed by atoms with E-state index in [4.69, 9.17) is 4.74 Å². The monoisotopic (exact) mass is 262 g/mol. The molecule has 0 aromatic heterocycles. The standard InChI is InChI=1S/C15H22N2O2/c1-2-12(13-6-4-3-5-7-13)10-17-15(18)14-11-16-8-9-19-14/h3-7,12,14,16H,2,8-11H2,1H3,(H,17,18). The number of hydrogen-bond acceptors (Lipinski definition) is 3. The fourth-order valence-electron chi connectivity index (χ4n) is 2.29. The first-order valence-electron chi connectivity index (χ1n) is 6.96. The lowest BCUT2D eigenvalue weighted by molar-refractivity contribution is -0.134. The summed E-state index contributed by atoms with van der Waals surface area (Å²) in [4.78, 5) is 12.0. The SMILES string of the molecule is CCC(CNC(=O)C1CNCCO1)c1ccccc1. The van der Waals surface area contributed by atoms with Crippen LogP contribution in [0, 0.1) is 0 Å². The van der Waals surface area contributed by atoms with Crippen LogP contribution in [0.2, 0.25) is 0 Å². The molecule has 1 amide bonds. The molecule has 104 valence electrons. The molecule has 1 heterocycles. The van der Waals surface area contributed by atoms with E-state index in [0.29, 0.717) is 25.6 Å². The van der Waals surface area contributed by atoms with Crippen LogP contribution in [0.4, 0.5) is 0 Å². The number of amides is 1. The van der Waals surface area contributed by atoms with E-state index in [1.807, 2.05) is 18.2 Å². The van der Waals surface area contributed by atoms with Gasteiger partial charge in [-0.15, -0.1) is 0 Å². The predicted molar refractivity (Wildman–Crippen MR) is 75.1 cm³/mol. The van der Waals surface area contributed by atoms with Crippen molar-refractivity contribution in [1.82, 2.24) is 10.6 Å². The number of ether oxygens (including phenoxy) is 1.